The highest BCUT2D eigenvalue weighted by Gasteiger charge is 2.27. The number of rotatable bonds is 17. The smallest absolute Gasteiger partial charge is 0.103 e. The lowest BCUT2D eigenvalue weighted by molar-refractivity contribution is 0.106. The molecule has 26 heavy (non-hydrogen) atoms. The fourth-order valence-electron chi connectivity index (χ4n) is 4.29. The van der Waals surface area contributed by atoms with Gasteiger partial charge in [0.15, 0.2) is 0 Å². The van der Waals surface area contributed by atoms with Crippen LogP contribution in [0.4, 0.5) is 0 Å². The Bertz CT molecular complexity index is 337. The van der Waals surface area contributed by atoms with Crippen molar-refractivity contribution >= 4 is 0 Å². The number of hydrogen-bond donors (Lipinski definition) is 0. The summed E-state index contributed by atoms with van der Waals surface area (Å²) in [6, 6.07) is 0. The molecule has 0 aromatic heterocycles. The van der Waals surface area contributed by atoms with Crippen LogP contribution in [-0.2, 0) is 0 Å². The van der Waals surface area contributed by atoms with Crippen molar-refractivity contribution in [2.24, 2.45) is 5.92 Å². The van der Waals surface area contributed by atoms with Crippen LogP contribution < -0.4 is 0 Å². The van der Waals surface area contributed by atoms with Crippen molar-refractivity contribution < 1.29 is 0 Å². The zero-order chi connectivity index (χ0) is 19.0. The molecule has 0 aliphatic carbocycles. The SMILES string of the molecule is CCCCCCCCCCCCCCCN1C=CN(CCC)C1C(C)C. The third kappa shape index (κ3) is 9.88. The van der Waals surface area contributed by atoms with Crippen LogP contribution in [0, 0.1) is 5.92 Å². The molecule has 2 heteroatoms. The molecule has 0 N–H and O–H groups in total. The summed E-state index contributed by atoms with van der Waals surface area (Å²) >= 11 is 0. The standard InChI is InChI=1S/C24H48N2/c1-5-7-8-9-10-11-12-13-14-15-16-17-18-20-26-22-21-25(19-6-2)24(26)23(3)4/h21-24H,5-20H2,1-4H3. The normalized spacial score (nSPS) is 17.0. The van der Waals surface area contributed by atoms with Crippen LogP contribution in [0.3, 0.4) is 0 Å². The van der Waals surface area contributed by atoms with E-state index in [1.807, 2.05) is 0 Å². The topological polar surface area (TPSA) is 6.48 Å². The predicted molar refractivity (Wildman–Crippen MR) is 117 cm³/mol. The van der Waals surface area contributed by atoms with Crippen molar-refractivity contribution in [1.82, 2.24) is 9.80 Å². The van der Waals surface area contributed by atoms with Crippen LogP contribution in [0.1, 0.15) is 118 Å². The highest BCUT2D eigenvalue weighted by Crippen LogP contribution is 2.23. The van der Waals surface area contributed by atoms with E-state index in [9.17, 15) is 0 Å². The van der Waals surface area contributed by atoms with Gasteiger partial charge >= 0.3 is 0 Å². The van der Waals surface area contributed by atoms with Gasteiger partial charge in [0.05, 0.1) is 0 Å². The van der Waals surface area contributed by atoms with Crippen molar-refractivity contribution in [3.8, 4) is 0 Å². The third-order valence-electron chi connectivity index (χ3n) is 5.73. The first-order valence-electron chi connectivity index (χ1n) is 11.9. The molecule has 1 rings (SSSR count). The van der Waals surface area contributed by atoms with Gasteiger partial charge in [0.25, 0.3) is 0 Å². The first-order chi connectivity index (χ1) is 12.7. The van der Waals surface area contributed by atoms with Gasteiger partial charge in [0.1, 0.15) is 6.17 Å². The Morgan fingerprint density at radius 2 is 1.00 bits per heavy atom. The summed E-state index contributed by atoms with van der Waals surface area (Å²) in [5.74, 6) is 0.693. The summed E-state index contributed by atoms with van der Waals surface area (Å²) in [4.78, 5) is 5.12. The minimum Gasteiger partial charge on any atom is -0.356 e. The molecule has 0 amide bonds. The molecule has 0 fully saturated rings. The zero-order valence-corrected chi connectivity index (χ0v) is 18.5. The average molecular weight is 365 g/mol. The van der Waals surface area contributed by atoms with E-state index in [4.69, 9.17) is 0 Å². The van der Waals surface area contributed by atoms with E-state index in [1.54, 1.807) is 0 Å². The van der Waals surface area contributed by atoms with Crippen LogP contribution in [0.25, 0.3) is 0 Å². The van der Waals surface area contributed by atoms with Crippen molar-refractivity contribution in [3.63, 3.8) is 0 Å². The second kappa shape index (κ2) is 15.4. The number of unbranched alkanes of at least 4 members (excludes halogenated alkanes) is 12. The summed E-state index contributed by atoms with van der Waals surface area (Å²) in [6.45, 7) is 11.7. The Kier molecular flexibility index (Phi) is 13.9. The largest absolute Gasteiger partial charge is 0.356 e. The second-order valence-corrected chi connectivity index (χ2v) is 8.67. The number of nitrogens with zero attached hydrogens (tertiary/aromatic N) is 2. The van der Waals surface area contributed by atoms with Gasteiger partial charge in [0.2, 0.25) is 0 Å². The lowest BCUT2D eigenvalue weighted by atomic mass is 10.0. The molecule has 1 aliphatic heterocycles. The molecule has 0 spiro atoms. The van der Waals surface area contributed by atoms with E-state index in [2.05, 4.69) is 49.9 Å². The molecule has 0 saturated heterocycles. The minimum absolute atomic E-state index is 0.590. The maximum atomic E-state index is 2.58. The molecule has 1 unspecified atom stereocenters. The van der Waals surface area contributed by atoms with Gasteiger partial charge in [-0.3, -0.25) is 0 Å². The molecule has 2 nitrogen and oxygen atoms in total. The van der Waals surface area contributed by atoms with Crippen LogP contribution in [0.2, 0.25) is 0 Å². The van der Waals surface area contributed by atoms with E-state index in [0.717, 1.165) is 0 Å². The van der Waals surface area contributed by atoms with Gasteiger partial charge in [-0.1, -0.05) is 105 Å². The van der Waals surface area contributed by atoms with E-state index < -0.39 is 0 Å². The van der Waals surface area contributed by atoms with E-state index in [1.165, 1.54) is 103 Å². The Morgan fingerprint density at radius 3 is 1.42 bits per heavy atom. The van der Waals surface area contributed by atoms with Crippen molar-refractivity contribution in [3.05, 3.63) is 12.4 Å². The zero-order valence-electron chi connectivity index (χ0n) is 18.5. The maximum Gasteiger partial charge on any atom is 0.103 e. The van der Waals surface area contributed by atoms with Gasteiger partial charge in [0, 0.05) is 25.5 Å². The molecular formula is C24H48N2. The van der Waals surface area contributed by atoms with Gasteiger partial charge in [-0.25, -0.2) is 0 Å². The van der Waals surface area contributed by atoms with Crippen molar-refractivity contribution in [1.29, 1.82) is 0 Å². The molecule has 1 aliphatic rings. The highest BCUT2D eigenvalue weighted by molar-refractivity contribution is 4.97. The molecule has 0 aromatic rings. The molecule has 0 aromatic carbocycles. The summed E-state index contributed by atoms with van der Waals surface area (Å²) in [5, 5.41) is 0. The van der Waals surface area contributed by atoms with Gasteiger partial charge < -0.3 is 9.80 Å². The van der Waals surface area contributed by atoms with Gasteiger partial charge in [-0.05, 0) is 18.8 Å². The van der Waals surface area contributed by atoms with Gasteiger partial charge in [-0.2, -0.15) is 0 Å². The second-order valence-electron chi connectivity index (χ2n) is 8.67. The van der Waals surface area contributed by atoms with E-state index in [-0.39, 0.29) is 0 Å². The molecule has 154 valence electrons. The fourth-order valence-corrected chi connectivity index (χ4v) is 4.29. The molecule has 1 atom stereocenters. The Hall–Kier alpha value is -0.660. The minimum atomic E-state index is 0.590. The summed E-state index contributed by atoms with van der Waals surface area (Å²) < 4.78 is 0. The first kappa shape index (κ1) is 23.4. The maximum absolute atomic E-state index is 2.58. The predicted octanol–water partition coefficient (Wildman–Crippen LogP) is 7.56. The Morgan fingerprint density at radius 1 is 0.577 bits per heavy atom. The first-order valence-corrected chi connectivity index (χ1v) is 11.9. The molecule has 0 bridgehead atoms. The van der Waals surface area contributed by atoms with Crippen LogP contribution in [-0.4, -0.2) is 29.1 Å². The monoisotopic (exact) mass is 364 g/mol. The Balaban J connectivity index is 1.95. The summed E-state index contributed by atoms with van der Waals surface area (Å²) in [6.07, 6.45) is 25.1. The fraction of sp³-hybridized carbons (Fsp3) is 0.917. The molecule has 0 radical (unpaired) electrons. The van der Waals surface area contributed by atoms with Crippen molar-refractivity contribution in [2.45, 2.75) is 124 Å². The van der Waals surface area contributed by atoms with Crippen LogP contribution in [0.5, 0.6) is 0 Å². The van der Waals surface area contributed by atoms with Crippen LogP contribution >= 0.6 is 0 Å². The van der Waals surface area contributed by atoms with Gasteiger partial charge in [-0.15, -0.1) is 0 Å². The lowest BCUT2D eigenvalue weighted by Crippen LogP contribution is -2.43. The number of hydrogen-bond acceptors (Lipinski definition) is 2. The molecule has 0 saturated carbocycles. The average Bonchev–Trinajstić information content (AvgIpc) is 3.02. The molecular weight excluding hydrogens is 316 g/mol. The quantitative estimate of drug-likeness (QED) is 0.246. The van der Waals surface area contributed by atoms with E-state index >= 15 is 0 Å². The Labute approximate surface area is 165 Å². The van der Waals surface area contributed by atoms with Crippen molar-refractivity contribution in [2.75, 3.05) is 13.1 Å². The lowest BCUT2D eigenvalue weighted by Gasteiger charge is -2.35. The summed E-state index contributed by atoms with van der Waals surface area (Å²) in [7, 11) is 0. The summed E-state index contributed by atoms with van der Waals surface area (Å²) in [5.41, 5.74) is 0. The van der Waals surface area contributed by atoms with Crippen LogP contribution in [0.15, 0.2) is 12.4 Å². The highest BCUT2D eigenvalue weighted by atomic mass is 15.4. The molecule has 1 heterocycles. The van der Waals surface area contributed by atoms with E-state index in [0.29, 0.717) is 12.1 Å². The third-order valence-corrected chi connectivity index (χ3v) is 5.73.